The highest BCUT2D eigenvalue weighted by Crippen LogP contribution is 2.26. The van der Waals surface area contributed by atoms with E-state index in [0.29, 0.717) is 17.6 Å². The second-order valence-electron chi connectivity index (χ2n) is 5.75. The largest absolute Gasteiger partial charge is 0.338 e. The summed E-state index contributed by atoms with van der Waals surface area (Å²) < 4.78 is 0. The third-order valence-corrected chi connectivity index (χ3v) is 4.29. The Morgan fingerprint density at radius 2 is 2.13 bits per heavy atom. The molecule has 1 unspecified atom stereocenters. The van der Waals surface area contributed by atoms with Crippen molar-refractivity contribution in [3.8, 4) is 0 Å². The summed E-state index contributed by atoms with van der Waals surface area (Å²) in [5, 5.41) is 10.6. The third-order valence-electron chi connectivity index (χ3n) is 4.29. The highest BCUT2D eigenvalue weighted by Gasteiger charge is 2.26. The van der Waals surface area contributed by atoms with Crippen LogP contribution in [0, 0.1) is 0 Å². The fourth-order valence-electron chi connectivity index (χ4n) is 3.10. The van der Waals surface area contributed by atoms with Crippen LogP contribution in [0.1, 0.15) is 34.8 Å². The molecule has 1 saturated heterocycles. The van der Waals surface area contributed by atoms with E-state index in [0.717, 1.165) is 30.6 Å². The van der Waals surface area contributed by atoms with Gasteiger partial charge in [-0.15, -0.1) is 0 Å². The van der Waals surface area contributed by atoms with Crippen molar-refractivity contribution >= 4 is 16.9 Å². The van der Waals surface area contributed by atoms with Gasteiger partial charge in [-0.25, -0.2) is 9.97 Å². The van der Waals surface area contributed by atoms with Crippen molar-refractivity contribution in [2.45, 2.75) is 18.8 Å². The summed E-state index contributed by atoms with van der Waals surface area (Å²) in [5.74, 6) is 0.306. The van der Waals surface area contributed by atoms with E-state index in [1.165, 1.54) is 0 Å². The van der Waals surface area contributed by atoms with Crippen LogP contribution < -0.4 is 0 Å². The van der Waals surface area contributed by atoms with E-state index in [9.17, 15) is 4.79 Å². The highest BCUT2D eigenvalue weighted by molar-refractivity contribution is 5.97. The van der Waals surface area contributed by atoms with E-state index in [-0.39, 0.29) is 11.8 Å². The number of hydrogen-bond acceptors (Lipinski definition) is 5. The molecule has 7 nitrogen and oxygen atoms in total. The molecular formula is C16H16N6O. The van der Waals surface area contributed by atoms with Crippen molar-refractivity contribution in [1.29, 1.82) is 0 Å². The maximum Gasteiger partial charge on any atom is 0.253 e. The summed E-state index contributed by atoms with van der Waals surface area (Å²) in [5.41, 5.74) is 3.12. The number of fused-ring (bicyclic) bond motifs is 1. The van der Waals surface area contributed by atoms with Gasteiger partial charge in [0.15, 0.2) is 0 Å². The first kappa shape index (κ1) is 13.8. The van der Waals surface area contributed by atoms with Gasteiger partial charge in [-0.3, -0.25) is 4.79 Å². The molecule has 0 saturated carbocycles. The molecule has 1 N–H and O–H groups in total. The number of nitrogens with zero attached hydrogens (tertiary/aromatic N) is 5. The number of aromatic nitrogens is 5. The van der Waals surface area contributed by atoms with Crippen LogP contribution in [-0.2, 0) is 0 Å². The van der Waals surface area contributed by atoms with Gasteiger partial charge in [0.05, 0.1) is 0 Å². The molecule has 23 heavy (non-hydrogen) atoms. The SMILES string of the molecule is O=C(c1ccc2n[nH]nc2c1)N1CCCC(c2ccncn2)C1. The van der Waals surface area contributed by atoms with E-state index in [4.69, 9.17) is 0 Å². The van der Waals surface area contributed by atoms with Gasteiger partial charge in [-0.2, -0.15) is 15.4 Å². The minimum atomic E-state index is 0.0358. The Labute approximate surface area is 132 Å². The minimum Gasteiger partial charge on any atom is -0.338 e. The summed E-state index contributed by atoms with van der Waals surface area (Å²) in [7, 11) is 0. The number of nitrogens with one attached hydrogen (secondary N) is 1. The minimum absolute atomic E-state index is 0.0358. The fraction of sp³-hybridized carbons (Fsp3) is 0.312. The van der Waals surface area contributed by atoms with Crippen LogP contribution in [0.5, 0.6) is 0 Å². The number of piperidine rings is 1. The molecule has 3 heterocycles. The van der Waals surface area contributed by atoms with Gasteiger partial charge >= 0.3 is 0 Å². The van der Waals surface area contributed by atoms with Crippen molar-refractivity contribution < 1.29 is 4.79 Å². The molecule has 0 radical (unpaired) electrons. The molecule has 0 spiro atoms. The van der Waals surface area contributed by atoms with Crippen LogP contribution in [0.15, 0.2) is 36.8 Å². The van der Waals surface area contributed by atoms with Crippen molar-refractivity contribution in [2.24, 2.45) is 0 Å². The number of rotatable bonds is 2. The summed E-state index contributed by atoms with van der Waals surface area (Å²) in [6.07, 6.45) is 5.34. The number of aromatic amines is 1. The van der Waals surface area contributed by atoms with Gasteiger partial charge in [-0.1, -0.05) is 0 Å². The Kier molecular flexibility index (Phi) is 3.45. The van der Waals surface area contributed by atoms with Crippen molar-refractivity contribution in [3.63, 3.8) is 0 Å². The standard InChI is InChI=1S/C16H16N6O/c23-16(11-3-4-14-15(8-11)20-21-19-14)22-7-1-2-12(9-22)13-5-6-17-10-18-13/h3-6,8,10,12H,1-2,7,9H2,(H,19,20,21). The van der Waals surface area contributed by atoms with Crippen LogP contribution in [0.4, 0.5) is 0 Å². The normalized spacial score (nSPS) is 18.3. The van der Waals surface area contributed by atoms with Crippen LogP contribution in [0.25, 0.3) is 11.0 Å². The molecule has 1 aliphatic heterocycles. The number of amides is 1. The molecule has 1 aromatic carbocycles. The summed E-state index contributed by atoms with van der Waals surface area (Å²) in [6.45, 7) is 1.46. The third kappa shape index (κ3) is 2.65. The average molecular weight is 308 g/mol. The lowest BCUT2D eigenvalue weighted by Gasteiger charge is -2.32. The molecular weight excluding hydrogens is 292 g/mol. The Hall–Kier alpha value is -2.83. The maximum atomic E-state index is 12.8. The van der Waals surface area contributed by atoms with Gasteiger partial charge in [0, 0.05) is 36.5 Å². The molecule has 1 aliphatic rings. The Morgan fingerprint density at radius 1 is 1.22 bits per heavy atom. The lowest BCUT2D eigenvalue weighted by molar-refractivity contribution is 0.0706. The fourth-order valence-corrected chi connectivity index (χ4v) is 3.10. The number of hydrogen-bond donors (Lipinski definition) is 1. The first-order valence-electron chi connectivity index (χ1n) is 7.67. The highest BCUT2D eigenvalue weighted by atomic mass is 16.2. The van der Waals surface area contributed by atoms with Gasteiger partial charge in [0.1, 0.15) is 17.4 Å². The van der Waals surface area contributed by atoms with Crippen LogP contribution in [0.3, 0.4) is 0 Å². The first-order chi connectivity index (χ1) is 11.3. The number of H-pyrrole nitrogens is 1. The zero-order chi connectivity index (χ0) is 15.6. The smallest absolute Gasteiger partial charge is 0.253 e. The predicted molar refractivity (Wildman–Crippen MR) is 83.8 cm³/mol. The lowest BCUT2D eigenvalue weighted by atomic mass is 9.94. The van der Waals surface area contributed by atoms with Gasteiger partial charge in [0.25, 0.3) is 5.91 Å². The molecule has 116 valence electrons. The van der Waals surface area contributed by atoms with Gasteiger partial charge in [0.2, 0.25) is 0 Å². The second kappa shape index (κ2) is 5.75. The second-order valence-corrected chi connectivity index (χ2v) is 5.75. The van der Waals surface area contributed by atoms with Crippen molar-refractivity contribution in [1.82, 2.24) is 30.3 Å². The number of benzene rings is 1. The van der Waals surface area contributed by atoms with Gasteiger partial charge in [-0.05, 0) is 37.1 Å². The summed E-state index contributed by atoms with van der Waals surface area (Å²) >= 11 is 0. The van der Waals surface area contributed by atoms with Crippen molar-refractivity contribution in [3.05, 3.63) is 48.0 Å². The van der Waals surface area contributed by atoms with E-state index in [1.807, 2.05) is 23.1 Å². The predicted octanol–water partition coefficient (Wildman–Crippen LogP) is 1.77. The van der Waals surface area contributed by atoms with Gasteiger partial charge < -0.3 is 4.90 Å². The molecule has 2 aromatic heterocycles. The maximum absolute atomic E-state index is 12.8. The van der Waals surface area contributed by atoms with Crippen LogP contribution in [-0.4, -0.2) is 49.3 Å². The number of likely N-dealkylation sites (tertiary alicyclic amines) is 1. The zero-order valence-electron chi connectivity index (χ0n) is 12.5. The number of carbonyl (C=O) groups excluding carboxylic acids is 1. The summed E-state index contributed by atoms with van der Waals surface area (Å²) in [6, 6.07) is 7.34. The van der Waals surface area contributed by atoms with E-state index in [1.54, 1.807) is 18.6 Å². The molecule has 3 aromatic rings. The first-order valence-corrected chi connectivity index (χ1v) is 7.67. The number of carbonyl (C=O) groups is 1. The average Bonchev–Trinajstić information content (AvgIpc) is 3.09. The van der Waals surface area contributed by atoms with E-state index in [2.05, 4.69) is 25.4 Å². The molecule has 0 bridgehead atoms. The Bertz CT molecular complexity index is 831. The van der Waals surface area contributed by atoms with Crippen LogP contribution >= 0.6 is 0 Å². The van der Waals surface area contributed by atoms with Crippen molar-refractivity contribution in [2.75, 3.05) is 13.1 Å². The summed E-state index contributed by atoms with van der Waals surface area (Å²) in [4.78, 5) is 23.0. The molecule has 0 aliphatic carbocycles. The molecule has 7 heteroatoms. The Balaban J connectivity index is 1.55. The topological polar surface area (TPSA) is 87.7 Å². The monoisotopic (exact) mass is 308 g/mol. The molecule has 1 amide bonds. The zero-order valence-corrected chi connectivity index (χ0v) is 12.5. The Morgan fingerprint density at radius 3 is 3.00 bits per heavy atom. The molecule has 1 fully saturated rings. The van der Waals surface area contributed by atoms with E-state index < -0.39 is 0 Å². The molecule has 4 rings (SSSR count). The molecule has 1 atom stereocenters. The lowest BCUT2D eigenvalue weighted by Crippen LogP contribution is -2.39. The quantitative estimate of drug-likeness (QED) is 0.779. The van der Waals surface area contributed by atoms with Crippen LogP contribution in [0.2, 0.25) is 0 Å². The van der Waals surface area contributed by atoms with E-state index >= 15 is 0 Å².